The second-order valence-electron chi connectivity index (χ2n) is 10.2. The van der Waals surface area contributed by atoms with Gasteiger partial charge in [0.1, 0.15) is 5.54 Å². The van der Waals surface area contributed by atoms with Crippen molar-refractivity contribution in [2.75, 3.05) is 0 Å². The highest BCUT2D eigenvalue weighted by Crippen LogP contribution is 2.32. The molecule has 5 rings (SSSR count). The summed E-state index contributed by atoms with van der Waals surface area (Å²) in [5.74, 6) is -0.344. The average molecular weight is 465 g/mol. The summed E-state index contributed by atoms with van der Waals surface area (Å²) in [6.07, 6.45) is 4.05. The highest BCUT2D eigenvalue weighted by molar-refractivity contribution is 7.17. The molecule has 1 aliphatic carbocycles. The van der Waals surface area contributed by atoms with Crippen molar-refractivity contribution >= 4 is 28.2 Å². The summed E-state index contributed by atoms with van der Waals surface area (Å²) in [5.41, 5.74) is 2.05. The number of aromatic nitrogens is 2. The molecule has 8 heteroatoms. The molecular formula is C25H28N4O3S. The molecule has 33 heavy (non-hydrogen) atoms. The van der Waals surface area contributed by atoms with Crippen molar-refractivity contribution in [2.45, 2.75) is 70.9 Å². The van der Waals surface area contributed by atoms with Gasteiger partial charge in [-0.25, -0.2) is 9.78 Å². The molecule has 1 fully saturated rings. The molecule has 1 aromatic carbocycles. The molecule has 1 N–H and O–H groups in total. The van der Waals surface area contributed by atoms with Crippen LogP contribution in [0.2, 0.25) is 0 Å². The number of carbonyl (C=O) groups excluding carboxylic acids is 2. The predicted molar refractivity (Wildman–Crippen MR) is 128 cm³/mol. The van der Waals surface area contributed by atoms with Crippen molar-refractivity contribution in [3.8, 4) is 0 Å². The third kappa shape index (κ3) is 3.57. The van der Waals surface area contributed by atoms with Crippen molar-refractivity contribution in [3.05, 3.63) is 68.1 Å². The van der Waals surface area contributed by atoms with Gasteiger partial charge in [-0.3, -0.25) is 18.9 Å². The monoisotopic (exact) mass is 464 g/mol. The molecule has 0 bridgehead atoms. The van der Waals surface area contributed by atoms with E-state index in [4.69, 9.17) is 0 Å². The fourth-order valence-electron chi connectivity index (χ4n) is 4.72. The van der Waals surface area contributed by atoms with E-state index in [0.29, 0.717) is 10.7 Å². The summed E-state index contributed by atoms with van der Waals surface area (Å²) in [4.78, 5) is 46.7. The van der Waals surface area contributed by atoms with Crippen molar-refractivity contribution in [1.82, 2.24) is 19.6 Å². The maximum Gasteiger partial charge on any atom is 0.325 e. The van der Waals surface area contributed by atoms with E-state index in [1.54, 1.807) is 11.3 Å². The number of aryl methyl sites for hydroxylation is 2. The smallest absolute Gasteiger partial charge is 0.319 e. The van der Waals surface area contributed by atoms with Gasteiger partial charge in [0.2, 0.25) is 0 Å². The van der Waals surface area contributed by atoms with Gasteiger partial charge in [-0.2, -0.15) is 0 Å². The average Bonchev–Trinajstić information content (AvgIpc) is 3.24. The number of thiazole rings is 1. The summed E-state index contributed by atoms with van der Waals surface area (Å²) >= 11 is 1.54. The fraction of sp³-hybridized carbons (Fsp3) is 0.440. The second-order valence-corrected chi connectivity index (χ2v) is 11.2. The van der Waals surface area contributed by atoms with Crippen molar-refractivity contribution in [2.24, 2.45) is 0 Å². The van der Waals surface area contributed by atoms with E-state index in [1.165, 1.54) is 22.3 Å². The zero-order chi connectivity index (χ0) is 23.5. The molecule has 1 atom stereocenters. The van der Waals surface area contributed by atoms with Crippen LogP contribution < -0.4 is 10.9 Å². The number of carbonyl (C=O) groups is 2. The van der Waals surface area contributed by atoms with Crippen molar-refractivity contribution < 1.29 is 9.59 Å². The van der Waals surface area contributed by atoms with E-state index in [9.17, 15) is 14.4 Å². The van der Waals surface area contributed by atoms with Crippen LogP contribution >= 0.6 is 11.3 Å². The number of amides is 3. The molecule has 1 unspecified atom stereocenters. The fourth-order valence-corrected chi connectivity index (χ4v) is 5.96. The number of fused-ring (bicyclic) bond motifs is 3. The topological polar surface area (TPSA) is 83.8 Å². The Kier molecular flexibility index (Phi) is 4.97. The molecule has 1 saturated heterocycles. The third-order valence-electron chi connectivity index (χ3n) is 6.74. The van der Waals surface area contributed by atoms with E-state index in [-0.39, 0.29) is 23.4 Å². The van der Waals surface area contributed by atoms with Gasteiger partial charge in [-0.15, -0.1) is 11.3 Å². The highest BCUT2D eigenvalue weighted by Gasteiger charge is 2.49. The third-order valence-corrected chi connectivity index (χ3v) is 7.88. The van der Waals surface area contributed by atoms with Gasteiger partial charge in [-0.1, -0.05) is 45.0 Å². The second kappa shape index (κ2) is 7.52. The molecule has 7 nitrogen and oxygen atoms in total. The van der Waals surface area contributed by atoms with Crippen LogP contribution in [0.4, 0.5) is 4.79 Å². The maximum atomic E-state index is 13.4. The molecule has 2 aliphatic rings. The van der Waals surface area contributed by atoms with Crippen LogP contribution in [0.1, 0.15) is 67.9 Å². The lowest BCUT2D eigenvalue weighted by molar-refractivity contribution is -0.131. The first-order valence-corrected chi connectivity index (χ1v) is 12.2. The Hall–Kier alpha value is -3.00. The normalized spacial score (nSPS) is 20.9. The van der Waals surface area contributed by atoms with Gasteiger partial charge in [0.05, 0.1) is 12.2 Å². The van der Waals surface area contributed by atoms with Crippen LogP contribution in [0.5, 0.6) is 0 Å². The van der Waals surface area contributed by atoms with Crippen molar-refractivity contribution in [3.63, 3.8) is 0 Å². The number of hydrogen-bond donors (Lipinski definition) is 1. The van der Waals surface area contributed by atoms with E-state index < -0.39 is 11.6 Å². The summed E-state index contributed by atoms with van der Waals surface area (Å²) < 4.78 is 1.69. The minimum Gasteiger partial charge on any atom is -0.319 e. The largest absolute Gasteiger partial charge is 0.325 e. The molecule has 172 valence electrons. The quantitative estimate of drug-likeness (QED) is 0.596. The molecule has 3 amide bonds. The number of imide groups is 1. The van der Waals surface area contributed by atoms with Crippen molar-refractivity contribution in [1.29, 1.82) is 0 Å². The molecule has 0 radical (unpaired) electrons. The first-order chi connectivity index (χ1) is 15.6. The number of rotatable bonds is 3. The van der Waals surface area contributed by atoms with E-state index >= 15 is 0 Å². The Morgan fingerprint density at radius 1 is 1.09 bits per heavy atom. The van der Waals surface area contributed by atoms with Gasteiger partial charge in [-0.05, 0) is 49.1 Å². The van der Waals surface area contributed by atoms with E-state index in [0.717, 1.165) is 47.4 Å². The predicted octanol–water partition coefficient (Wildman–Crippen LogP) is 3.90. The number of nitrogens with one attached hydrogen (secondary N) is 1. The first kappa shape index (κ1) is 21.8. The molecule has 3 aromatic rings. The first-order valence-electron chi connectivity index (χ1n) is 11.4. The Morgan fingerprint density at radius 2 is 1.79 bits per heavy atom. The van der Waals surface area contributed by atoms with Gasteiger partial charge >= 0.3 is 6.03 Å². The Bertz CT molecular complexity index is 1330. The standard InChI is InChI=1S/C25H28N4O3S/c1-24(2,3)15-9-11-16(12-10-15)25(4)21(31)28(22(32)27-25)14-17-13-20(30)29-18-7-5-6-8-19(18)33-23(29)26-17/h9-13H,5-8,14H2,1-4H3,(H,27,32). The van der Waals surface area contributed by atoms with Crippen LogP contribution in [0.3, 0.4) is 0 Å². The molecule has 0 saturated carbocycles. The summed E-state index contributed by atoms with van der Waals surface area (Å²) in [7, 11) is 0. The maximum absolute atomic E-state index is 13.4. The van der Waals surface area contributed by atoms with E-state index in [1.807, 2.05) is 24.3 Å². The lowest BCUT2D eigenvalue weighted by Crippen LogP contribution is -2.41. The number of nitrogens with zero attached hydrogens (tertiary/aromatic N) is 3. The molecular weight excluding hydrogens is 436 g/mol. The lowest BCUT2D eigenvalue weighted by atomic mass is 9.84. The van der Waals surface area contributed by atoms with Gasteiger partial charge in [0, 0.05) is 16.6 Å². The summed E-state index contributed by atoms with van der Waals surface area (Å²) in [5, 5.41) is 2.85. The minimum absolute atomic E-state index is 0.00617. The highest BCUT2D eigenvalue weighted by atomic mass is 32.1. The summed E-state index contributed by atoms with van der Waals surface area (Å²) in [6.45, 7) is 8.08. The molecule has 1 aliphatic heterocycles. The van der Waals surface area contributed by atoms with Gasteiger partial charge in [0.25, 0.3) is 11.5 Å². The number of urea groups is 1. The number of hydrogen-bond acceptors (Lipinski definition) is 5. The van der Waals surface area contributed by atoms with Gasteiger partial charge < -0.3 is 5.32 Å². The molecule has 3 heterocycles. The van der Waals surface area contributed by atoms with Gasteiger partial charge in [0.15, 0.2) is 4.96 Å². The minimum atomic E-state index is -1.16. The summed E-state index contributed by atoms with van der Waals surface area (Å²) in [6, 6.07) is 8.76. The molecule has 0 spiro atoms. The van der Waals surface area contributed by atoms with Crippen LogP contribution in [0.25, 0.3) is 4.96 Å². The van der Waals surface area contributed by atoms with Crippen LogP contribution in [-0.4, -0.2) is 26.2 Å². The lowest BCUT2D eigenvalue weighted by Gasteiger charge is -2.24. The van der Waals surface area contributed by atoms with Crippen LogP contribution in [0.15, 0.2) is 35.1 Å². The number of benzene rings is 1. The SMILES string of the molecule is CC(C)(C)c1ccc(C2(C)NC(=O)N(Cc3cc(=O)n4c5c(sc4n3)CCCC5)C2=O)cc1. The Morgan fingerprint density at radius 3 is 2.48 bits per heavy atom. The van der Waals surface area contributed by atoms with Crippen LogP contribution in [0, 0.1) is 0 Å². The molecule has 2 aromatic heterocycles. The van der Waals surface area contributed by atoms with E-state index in [2.05, 4.69) is 31.1 Å². The van der Waals surface area contributed by atoms with Crippen LogP contribution in [-0.2, 0) is 35.1 Å². The zero-order valence-corrected chi connectivity index (χ0v) is 20.2. The Labute approximate surface area is 196 Å². The Balaban J connectivity index is 1.44. The zero-order valence-electron chi connectivity index (χ0n) is 19.4.